The van der Waals surface area contributed by atoms with Crippen LogP contribution in [0.15, 0.2) is 48.5 Å². The highest BCUT2D eigenvalue weighted by Gasteiger charge is 2.22. The van der Waals surface area contributed by atoms with Crippen molar-refractivity contribution in [1.82, 2.24) is 19.4 Å². The number of aryl methyl sites for hydroxylation is 2. The summed E-state index contributed by atoms with van der Waals surface area (Å²) >= 11 is 0. The molecule has 5 rings (SSSR count). The number of hydrogen-bond acceptors (Lipinski definition) is 8. The third-order valence-corrected chi connectivity index (χ3v) is 7.83. The molecule has 0 amide bonds. The summed E-state index contributed by atoms with van der Waals surface area (Å²) in [6.45, 7) is 6.65. The maximum atomic E-state index is 12.0. The molecule has 2 N–H and O–H groups in total. The largest absolute Gasteiger partial charge is 0.494 e. The van der Waals surface area contributed by atoms with Crippen molar-refractivity contribution >= 4 is 47.9 Å². The van der Waals surface area contributed by atoms with Crippen LogP contribution in [0.4, 0.5) is 23.0 Å². The third-order valence-electron chi connectivity index (χ3n) is 7.09. The second-order valence-corrected chi connectivity index (χ2v) is 12.8. The Morgan fingerprint density at radius 2 is 2.07 bits per heavy atom. The van der Waals surface area contributed by atoms with Crippen molar-refractivity contribution in [3.8, 4) is 17.0 Å². The number of nitro groups is 1. The lowest BCUT2D eigenvalue weighted by Gasteiger charge is -2.15. The van der Waals surface area contributed by atoms with Crippen LogP contribution >= 0.6 is 7.92 Å². The number of nitrogens with zero attached hydrogens (tertiary/aromatic N) is 5. The van der Waals surface area contributed by atoms with Crippen LogP contribution in [0.25, 0.3) is 28.2 Å². The Balaban J connectivity index is 1.57. The van der Waals surface area contributed by atoms with Crippen molar-refractivity contribution in [2.24, 2.45) is 0 Å². The van der Waals surface area contributed by atoms with Gasteiger partial charge in [-0.1, -0.05) is 38.0 Å². The molecule has 1 aliphatic heterocycles. The van der Waals surface area contributed by atoms with Crippen molar-refractivity contribution in [1.29, 1.82) is 0 Å². The second kappa shape index (κ2) is 12.2. The van der Waals surface area contributed by atoms with Gasteiger partial charge in [0.25, 0.3) is 5.69 Å². The topological polar surface area (TPSA) is 110 Å². The van der Waals surface area contributed by atoms with Gasteiger partial charge in [0.1, 0.15) is 11.4 Å². The number of methoxy groups -OCH3 is 1. The number of nitro benzene ring substituents is 1. The zero-order valence-electron chi connectivity index (χ0n) is 24.1. The van der Waals surface area contributed by atoms with Gasteiger partial charge in [0.15, 0.2) is 0 Å². The van der Waals surface area contributed by atoms with Crippen LogP contribution in [0.1, 0.15) is 17.5 Å². The molecule has 0 unspecified atom stereocenters. The fourth-order valence-electron chi connectivity index (χ4n) is 5.13. The minimum Gasteiger partial charge on any atom is -0.494 e. The molecule has 0 bridgehead atoms. The molecule has 41 heavy (non-hydrogen) atoms. The van der Waals surface area contributed by atoms with Crippen LogP contribution in [0.5, 0.6) is 5.75 Å². The molecule has 0 aliphatic carbocycles. The Bertz CT molecular complexity index is 1610. The molecule has 11 heteroatoms. The molecule has 0 saturated heterocycles. The first-order valence-electron chi connectivity index (χ1n) is 13.6. The number of hydrogen-bond donors (Lipinski definition) is 2. The van der Waals surface area contributed by atoms with Crippen LogP contribution in [0.2, 0.25) is 0 Å². The monoisotopic (exact) mass is 573 g/mol. The van der Waals surface area contributed by atoms with Crippen LogP contribution in [0.3, 0.4) is 0 Å². The van der Waals surface area contributed by atoms with Gasteiger partial charge in [-0.25, -0.2) is 9.97 Å². The third kappa shape index (κ3) is 6.19. The molecule has 0 atom stereocenters. The van der Waals surface area contributed by atoms with E-state index in [1.165, 1.54) is 24.3 Å². The van der Waals surface area contributed by atoms with Crippen molar-refractivity contribution in [2.75, 3.05) is 58.3 Å². The number of likely N-dealkylation sites (N-methyl/N-ethyl adjacent to an activating group) is 1. The van der Waals surface area contributed by atoms with Gasteiger partial charge in [-0.05, 0) is 45.8 Å². The average molecular weight is 574 g/mol. The Labute approximate surface area is 241 Å². The molecule has 0 spiro atoms. The molecule has 1 aliphatic rings. The number of nitrogens with one attached hydrogen (secondary N) is 2. The Morgan fingerprint density at radius 3 is 2.80 bits per heavy atom. The van der Waals surface area contributed by atoms with Gasteiger partial charge in [0.2, 0.25) is 5.95 Å². The van der Waals surface area contributed by atoms with E-state index in [4.69, 9.17) is 9.72 Å². The molecular weight excluding hydrogens is 537 g/mol. The van der Waals surface area contributed by atoms with E-state index in [1.54, 1.807) is 6.07 Å². The highest BCUT2D eigenvalue weighted by atomic mass is 31.1. The van der Waals surface area contributed by atoms with Crippen molar-refractivity contribution in [2.45, 2.75) is 19.4 Å². The molecule has 214 valence electrons. The SMILES string of the molecule is COc1cc(NCCN(C)C)c([N+](=O)[O-])cc1Nc1ncc(/C=C/P(C)C)c(-c2cn3c4c(cccc24)CCC3)n1. The molecular formula is C30H36N7O3P. The van der Waals surface area contributed by atoms with E-state index in [0.29, 0.717) is 29.6 Å². The Kier molecular flexibility index (Phi) is 8.52. The summed E-state index contributed by atoms with van der Waals surface area (Å²) in [5, 5.41) is 19.5. The second-order valence-electron chi connectivity index (χ2n) is 10.6. The van der Waals surface area contributed by atoms with Crippen LogP contribution in [-0.2, 0) is 13.0 Å². The predicted molar refractivity (Wildman–Crippen MR) is 169 cm³/mol. The van der Waals surface area contributed by atoms with Crippen molar-refractivity contribution in [3.05, 3.63) is 69.8 Å². The maximum absolute atomic E-state index is 12.0. The minimum atomic E-state index is -0.398. The van der Waals surface area contributed by atoms with Crippen molar-refractivity contribution in [3.63, 3.8) is 0 Å². The van der Waals surface area contributed by atoms with Gasteiger partial charge in [-0.15, -0.1) is 0 Å². The molecule has 2 aromatic heterocycles. The first-order chi connectivity index (χ1) is 19.7. The number of para-hydroxylation sites is 1. The van der Waals surface area contributed by atoms with E-state index >= 15 is 0 Å². The molecule has 10 nitrogen and oxygen atoms in total. The number of rotatable bonds is 11. The molecule has 2 aromatic carbocycles. The van der Waals surface area contributed by atoms with Crippen LogP contribution < -0.4 is 15.4 Å². The van der Waals surface area contributed by atoms with E-state index < -0.39 is 4.92 Å². The average Bonchev–Trinajstić information content (AvgIpc) is 3.32. The van der Waals surface area contributed by atoms with Crippen LogP contribution in [-0.4, -0.2) is 72.0 Å². The van der Waals surface area contributed by atoms with Gasteiger partial charge >= 0.3 is 0 Å². The number of aromatic nitrogens is 3. The van der Waals surface area contributed by atoms with E-state index in [9.17, 15) is 10.1 Å². The number of anilines is 3. The Hall–Kier alpha value is -4.01. The zero-order valence-corrected chi connectivity index (χ0v) is 25.0. The van der Waals surface area contributed by atoms with E-state index in [1.807, 2.05) is 25.2 Å². The summed E-state index contributed by atoms with van der Waals surface area (Å²) in [5.74, 6) is 2.98. The predicted octanol–water partition coefficient (Wildman–Crippen LogP) is 6.39. The smallest absolute Gasteiger partial charge is 0.294 e. The summed E-state index contributed by atoms with van der Waals surface area (Å²) < 4.78 is 7.94. The summed E-state index contributed by atoms with van der Waals surface area (Å²) in [6.07, 6.45) is 8.27. The fourth-order valence-corrected chi connectivity index (χ4v) is 5.58. The number of ether oxygens (including phenoxy) is 1. The van der Waals surface area contributed by atoms with Gasteiger partial charge in [0.05, 0.1) is 28.9 Å². The standard InChI is InChI=1S/C30H36N7O3P/c1-35(2)14-12-31-24-17-27(40-3)25(16-26(24)37(38)39)33-30-32-18-21(11-15-41(4)5)28(34-30)23-19-36-13-7-9-20-8-6-10-22(23)29(20)36/h6,8,10-11,15-19,31H,7,9,12-14H2,1-5H3,(H,32,33,34)/b15-11+. The summed E-state index contributed by atoms with van der Waals surface area (Å²) in [5.41, 5.74) is 6.16. The van der Waals surface area contributed by atoms with Gasteiger partial charge in [0, 0.05) is 60.7 Å². The molecule has 3 heterocycles. The first kappa shape index (κ1) is 28.5. The normalized spacial score (nSPS) is 13.0. The fraction of sp³-hybridized carbons (Fsp3) is 0.333. The first-order valence-corrected chi connectivity index (χ1v) is 15.9. The molecule has 0 radical (unpaired) electrons. The molecule has 4 aromatic rings. The highest BCUT2D eigenvalue weighted by molar-refractivity contribution is 7.59. The summed E-state index contributed by atoms with van der Waals surface area (Å²) in [7, 11) is 5.19. The lowest BCUT2D eigenvalue weighted by molar-refractivity contribution is -0.383. The minimum absolute atomic E-state index is 0.0555. The zero-order chi connectivity index (χ0) is 29.1. The maximum Gasteiger partial charge on any atom is 0.294 e. The number of benzene rings is 2. The molecule has 0 saturated carbocycles. The van der Waals surface area contributed by atoms with Gasteiger partial charge in [-0.2, -0.15) is 0 Å². The molecule has 0 fully saturated rings. The van der Waals surface area contributed by atoms with E-state index in [2.05, 4.69) is 69.8 Å². The summed E-state index contributed by atoms with van der Waals surface area (Å²) in [4.78, 5) is 23.2. The quantitative estimate of drug-likeness (QED) is 0.121. The van der Waals surface area contributed by atoms with E-state index in [0.717, 1.165) is 48.1 Å². The highest BCUT2D eigenvalue weighted by Crippen LogP contribution is 2.40. The summed E-state index contributed by atoms with van der Waals surface area (Å²) in [6, 6.07) is 9.58. The van der Waals surface area contributed by atoms with Gasteiger partial charge < -0.3 is 24.8 Å². The van der Waals surface area contributed by atoms with Crippen LogP contribution in [0, 0.1) is 10.1 Å². The van der Waals surface area contributed by atoms with Gasteiger partial charge in [-0.3, -0.25) is 10.1 Å². The van der Waals surface area contributed by atoms with Crippen molar-refractivity contribution < 1.29 is 9.66 Å². The Morgan fingerprint density at radius 1 is 1.24 bits per heavy atom. The lowest BCUT2D eigenvalue weighted by Crippen LogP contribution is -2.21. The van der Waals surface area contributed by atoms with E-state index in [-0.39, 0.29) is 13.6 Å². The lowest BCUT2D eigenvalue weighted by atomic mass is 10.0.